The number of nitrogens with one attached hydrogen (secondary N) is 2. The average Bonchev–Trinajstić information content (AvgIpc) is 3.31. The number of nitrogens with two attached hydrogens (primary N) is 1. The molecule has 3 aliphatic rings. The van der Waals surface area contributed by atoms with Crippen molar-refractivity contribution in [1.29, 1.82) is 5.26 Å². The lowest BCUT2D eigenvalue weighted by molar-refractivity contribution is -0.124. The Hall–Kier alpha value is -3.87. The molecule has 8 nitrogen and oxygen atoms in total. The van der Waals surface area contributed by atoms with Gasteiger partial charge in [0.05, 0.1) is 17.7 Å². The second-order valence-corrected chi connectivity index (χ2v) is 10.2. The number of fused-ring (bicyclic) bond motifs is 1. The molecule has 1 atom stereocenters. The SMILES string of the molecule is CCC(C(N)=O)(c1cc(NC2CNC2)ccc1C)n1cccc2nc(SCc3ccc(C#N)cc3)nc1-2. The third-order valence-electron chi connectivity index (χ3n) is 6.98. The van der Waals surface area contributed by atoms with Gasteiger partial charge in [-0.2, -0.15) is 5.26 Å². The van der Waals surface area contributed by atoms with E-state index in [0.717, 1.165) is 35.5 Å². The van der Waals surface area contributed by atoms with Gasteiger partial charge in [0, 0.05) is 30.7 Å². The Bertz CT molecular complexity index is 1440. The fourth-order valence-electron chi connectivity index (χ4n) is 4.80. The normalized spacial score (nSPS) is 15.1. The number of amides is 1. The molecule has 2 aromatic carbocycles. The molecular formula is C28H29N7OS. The molecule has 0 spiro atoms. The highest BCUT2D eigenvalue weighted by Crippen LogP contribution is 2.38. The Morgan fingerprint density at radius 3 is 2.68 bits per heavy atom. The highest BCUT2D eigenvalue weighted by molar-refractivity contribution is 7.98. The Morgan fingerprint density at radius 2 is 2.03 bits per heavy atom. The maximum absolute atomic E-state index is 13.3. The van der Waals surface area contributed by atoms with Crippen LogP contribution < -0.4 is 16.4 Å². The smallest absolute Gasteiger partial charge is 0.248 e. The van der Waals surface area contributed by atoms with E-state index < -0.39 is 11.4 Å². The van der Waals surface area contributed by atoms with Crippen molar-refractivity contribution in [2.45, 2.75) is 42.8 Å². The highest BCUT2D eigenvalue weighted by Gasteiger charge is 2.42. The molecule has 1 saturated heterocycles. The maximum atomic E-state index is 13.3. The van der Waals surface area contributed by atoms with E-state index in [1.54, 1.807) is 12.1 Å². The van der Waals surface area contributed by atoms with E-state index in [-0.39, 0.29) is 0 Å². The number of aryl methyl sites for hydroxylation is 1. The fourth-order valence-corrected chi connectivity index (χ4v) is 5.60. The minimum atomic E-state index is -1.13. The summed E-state index contributed by atoms with van der Waals surface area (Å²) in [5.74, 6) is 0.846. The van der Waals surface area contributed by atoms with Gasteiger partial charge in [-0.25, -0.2) is 9.97 Å². The number of imidazole rings is 1. The molecule has 0 saturated carbocycles. The standard InChI is InChI=1S/C28H29N7OS/c1-3-28(26(30)36,23-13-21(11-6-18(23)2)32-22-15-31-16-22)35-12-4-5-24-25(35)34-27(33-24)37-17-20-9-7-19(14-29)8-10-20/h4-13,22,31-32H,3,15-17H2,1-2H3,(H2,30,36). The molecule has 3 heterocycles. The van der Waals surface area contributed by atoms with Crippen LogP contribution in [0.2, 0.25) is 0 Å². The first kappa shape index (κ1) is 24.8. The van der Waals surface area contributed by atoms with Gasteiger partial charge >= 0.3 is 0 Å². The summed E-state index contributed by atoms with van der Waals surface area (Å²) in [7, 11) is 0. The van der Waals surface area contributed by atoms with Crippen LogP contribution in [0.15, 0.2) is 66.0 Å². The summed E-state index contributed by atoms with van der Waals surface area (Å²) in [5, 5.41) is 16.5. The zero-order chi connectivity index (χ0) is 26.0. The molecule has 0 bridgehead atoms. The molecule has 5 rings (SSSR count). The van der Waals surface area contributed by atoms with Crippen molar-refractivity contribution in [3.8, 4) is 17.6 Å². The Morgan fingerprint density at radius 1 is 1.24 bits per heavy atom. The second kappa shape index (κ2) is 10.2. The molecule has 9 heteroatoms. The summed E-state index contributed by atoms with van der Waals surface area (Å²) in [6, 6.07) is 19.9. The molecule has 0 radical (unpaired) electrons. The number of thioether (sulfide) groups is 1. The van der Waals surface area contributed by atoms with Crippen LogP contribution in [0, 0.1) is 18.3 Å². The number of hydrogen-bond donors (Lipinski definition) is 3. The number of nitrogens with zero attached hydrogens (tertiary/aromatic N) is 4. The topological polar surface area (TPSA) is 122 Å². The summed E-state index contributed by atoms with van der Waals surface area (Å²) >= 11 is 1.51. The lowest BCUT2D eigenvalue weighted by atomic mass is 9.82. The predicted octanol–water partition coefficient (Wildman–Crippen LogP) is 3.88. The molecular weight excluding hydrogens is 482 g/mol. The zero-order valence-electron chi connectivity index (χ0n) is 20.9. The largest absolute Gasteiger partial charge is 0.380 e. The Balaban J connectivity index is 1.52. The lowest BCUT2D eigenvalue weighted by Crippen LogP contribution is -2.51. The first-order chi connectivity index (χ1) is 17.9. The zero-order valence-corrected chi connectivity index (χ0v) is 21.7. The molecule has 0 aliphatic carbocycles. The monoisotopic (exact) mass is 511 g/mol. The van der Waals surface area contributed by atoms with E-state index in [4.69, 9.17) is 21.0 Å². The quantitative estimate of drug-likeness (QED) is 0.292. The van der Waals surface area contributed by atoms with Gasteiger partial charge < -0.3 is 20.9 Å². The summed E-state index contributed by atoms with van der Waals surface area (Å²) < 4.78 is 1.89. The van der Waals surface area contributed by atoms with Crippen molar-refractivity contribution >= 4 is 23.4 Å². The van der Waals surface area contributed by atoms with Crippen molar-refractivity contribution in [3.05, 3.63) is 83.0 Å². The van der Waals surface area contributed by atoms with Crippen molar-refractivity contribution in [2.75, 3.05) is 18.4 Å². The van der Waals surface area contributed by atoms with Crippen LogP contribution in [0.25, 0.3) is 11.5 Å². The summed E-state index contributed by atoms with van der Waals surface area (Å²) in [5.41, 5.74) is 10.3. The summed E-state index contributed by atoms with van der Waals surface area (Å²) in [4.78, 5) is 22.9. The van der Waals surface area contributed by atoms with Crippen LogP contribution in [-0.2, 0) is 16.1 Å². The van der Waals surface area contributed by atoms with E-state index >= 15 is 0 Å². The van der Waals surface area contributed by atoms with E-state index in [1.807, 2.05) is 67.1 Å². The van der Waals surface area contributed by atoms with E-state index in [9.17, 15) is 4.79 Å². The molecule has 4 N–H and O–H groups in total. The number of aromatic nitrogens is 3. The number of primary amides is 1. The van der Waals surface area contributed by atoms with E-state index in [2.05, 4.69) is 16.7 Å². The van der Waals surface area contributed by atoms with Gasteiger partial charge in [-0.15, -0.1) is 0 Å². The van der Waals surface area contributed by atoms with E-state index in [1.165, 1.54) is 11.8 Å². The number of benzene rings is 2. The maximum Gasteiger partial charge on any atom is 0.248 e. The number of hydrogen-bond acceptors (Lipinski definition) is 7. The van der Waals surface area contributed by atoms with Gasteiger partial charge in [0.2, 0.25) is 5.91 Å². The van der Waals surface area contributed by atoms with Gasteiger partial charge in [0.25, 0.3) is 0 Å². The number of nitriles is 1. The molecule has 2 aromatic rings. The van der Waals surface area contributed by atoms with Crippen molar-refractivity contribution in [2.24, 2.45) is 5.73 Å². The van der Waals surface area contributed by atoms with Gasteiger partial charge in [-0.3, -0.25) is 4.79 Å². The third kappa shape index (κ3) is 4.66. The Kier molecular flexibility index (Phi) is 6.87. The average molecular weight is 512 g/mol. The molecule has 3 aliphatic heterocycles. The molecule has 1 fully saturated rings. The van der Waals surface area contributed by atoms with Crippen LogP contribution >= 0.6 is 11.8 Å². The predicted molar refractivity (Wildman–Crippen MR) is 145 cm³/mol. The van der Waals surface area contributed by atoms with Gasteiger partial charge in [-0.1, -0.05) is 36.9 Å². The molecule has 1 unspecified atom stereocenters. The van der Waals surface area contributed by atoms with Gasteiger partial charge in [0.1, 0.15) is 11.2 Å². The number of carbonyl (C=O) groups excluding carboxylic acids is 1. The fraction of sp³-hybridized carbons (Fsp3) is 0.286. The molecule has 188 valence electrons. The molecule has 0 aromatic heterocycles. The Labute approximate surface area is 220 Å². The third-order valence-corrected chi connectivity index (χ3v) is 7.90. The molecule has 1 amide bonds. The molecule has 37 heavy (non-hydrogen) atoms. The number of rotatable bonds is 9. The van der Waals surface area contributed by atoms with Crippen molar-refractivity contribution in [3.63, 3.8) is 0 Å². The number of anilines is 1. The second-order valence-electron chi connectivity index (χ2n) is 9.30. The van der Waals surface area contributed by atoms with Crippen LogP contribution in [0.4, 0.5) is 5.69 Å². The van der Waals surface area contributed by atoms with Crippen molar-refractivity contribution in [1.82, 2.24) is 19.9 Å². The van der Waals surface area contributed by atoms with Crippen LogP contribution in [-0.4, -0.2) is 39.6 Å². The lowest BCUT2D eigenvalue weighted by Gasteiger charge is -2.36. The highest BCUT2D eigenvalue weighted by atomic mass is 32.2. The minimum Gasteiger partial charge on any atom is -0.380 e. The minimum absolute atomic E-state index is 0.368. The van der Waals surface area contributed by atoms with Crippen LogP contribution in [0.5, 0.6) is 0 Å². The van der Waals surface area contributed by atoms with E-state index in [0.29, 0.717) is 40.5 Å². The number of pyridine rings is 1. The van der Waals surface area contributed by atoms with Gasteiger partial charge in [0.15, 0.2) is 11.0 Å². The van der Waals surface area contributed by atoms with Crippen LogP contribution in [0.1, 0.15) is 35.6 Å². The first-order valence-corrected chi connectivity index (χ1v) is 13.3. The first-order valence-electron chi connectivity index (χ1n) is 12.3. The summed E-state index contributed by atoms with van der Waals surface area (Å²) in [6.45, 7) is 5.81. The van der Waals surface area contributed by atoms with Crippen LogP contribution in [0.3, 0.4) is 0 Å². The van der Waals surface area contributed by atoms with Crippen molar-refractivity contribution < 1.29 is 4.79 Å². The summed E-state index contributed by atoms with van der Waals surface area (Å²) in [6.07, 6.45) is 2.33. The van der Waals surface area contributed by atoms with Gasteiger partial charge in [-0.05, 0) is 66.4 Å². The number of carbonyl (C=O) groups is 1.